The highest BCUT2D eigenvalue weighted by Crippen LogP contribution is 2.38. The first-order valence-corrected chi connectivity index (χ1v) is 12.3. The van der Waals surface area contributed by atoms with Gasteiger partial charge >= 0.3 is 0 Å². The largest absolute Gasteiger partial charge is 0.497 e. The Bertz CT molecular complexity index is 1310. The van der Waals surface area contributed by atoms with Gasteiger partial charge in [-0.1, -0.05) is 6.07 Å². The predicted octanol–water partition coefficient (Wildman–Crippen LogP) is 6.09. The summed E-state index contributed by atoms with van der Waals surface area (Å²) in [6.45, 7) is 2.26. The van der Waals surface area contributed by atoms with E-state index in [0.717, 1.165) is 58.3 Å². The number of aromatic nitrogens is 3. The first-order valence-electron chi connectivity index (χ1n) is 11.5. The molecule has 0 aliphatic carbocycles. The van der Waals surface area contributed by atoms with Crippen molar-refractivity contribution in [1.29, 1.82) is 0 Å². The summed E-state index contributed by atoms with van der Waals surface area (Å²) >= 11 is 3.61. The van der Waals surface area contributed by atoms with Crippen molar-refractivity contribution in [3.8, 4) is 17.2 Å². The van der Waals surface area contributed by atoms with E-state index in [-0.39, 0.29) is 30.9 Å². The number of nitrogens with zero attached hydrogens (tertiary/aromatic N) is 3. The Kier molecular flexibility index (Phi) is 10.6. The Hall–Kier alpha value is -2.85. The standard InChI is InChI=1S/C26H26BrN5O3.2ClH/c1-33-19-4-5-21(27)22(11-19)32-26-25-23(30-16-31-26)12-20(34-15-17-3-2-8-29-14-17)13-24(25)35-18-6-9-28-10-7-18;;/h2-5,8,11-14,16,18,28H,6-7,9-10,15H2,1H3,(H,30,31,32);2*1H. The average molecular weight is 609 g/mol. The number of rotatable bonds is 8. The number of anilines is 2. The summed E-state index contributed by atoms with van der Waals surface area (Å²) in [6.07, 6.45) is 7.04. The highest BCUT2D eigenvalue weighted by molar-refractivity contribution is 9.10. The van der Waals surface area contributed by atoms with Gasteiger partial charge in [-0.15, -0.1) is 24.8 Å². The van der Waals surface area contributed by atoms with Gasteiger partial charge in [-0.25, -0.2) is 9.97 Å². The Balaban J connectivity index is 0.00000190. The number of fused-ring (bicyclic) bond motifs is 1. The van der Waals surface area contributed by atoms with Crippen LogP contribution in [0, 0.1) is 0 Å². The highest BCUT2D eigenvalue weighted by atomic mass is 79.9. The van der Waals surface area contributed by atoms with Gasteiger partial charge in [0, 0.05) is 40.6 Å². The molecule has 3 heterocycles. The fourth-order valence-electron chi connectivity index (χ4n) is 4.00. The van der Waals surface area contributed by atoms with Gasteiger partial charge in [-0.3, -0.25) is 4.98 Å². The monoisotopic (exact) mass is 607 g/mol. The zero-order valence-corrected chi connectivity index (χ0v) is 23.4. The van der Waals surface area contributed by atoms with E-state index in [1.165, 1.54) is 6.33 Å². The average Bonchev–Trinajstić information content (AvgIpc) is 2.90. The first-order chi connectivity index (χ1) is 17.2. The summed E-state index contributed by atoms with van der Waals surface area (Å²) < 4.78 is 18.9. The van der Waals surface area contributed by atoms with Crippen molar-refractivity contribution in [3.05, 3.63) is 71.2 Å². The summed E-state index contributed by atoms with van der Waals surface area (Å²) in [7, 11) is 1.64. The van der Waals surface area contributed by atoms with Gasteiger partial charge < -0.3 is 24.8 Å². The maximum atomic E-state index is 6.53. The molecule has 1 aliphatic heterocycles. The quantitative estimate of drug-likeness (QED) is 0.248. The number of methoxy groups -OCH3 is 1. The maximum Gasteiger partial charge on any atom is 0.145 e. The smallest absolute Gasteiger partial charge is 0.145 e. The van der Waals surface area contributed by atoms with Crippen molar-refractivity contribution in [1.82, 2.24) is 20.3 Å². The number of hydrogen-bond acceptors (Lipinski definition) is 8. The first kappa shape index (κ1) is 28.7. The lowest BCUT2D eigenvalue weighted by atomic mass is 10.1. The molecule has 0 atom stereocenters. The van der Waals surface area contributed by atoms with E-state index in [1.807, 2.05) is 42.5 Å². The SMILES string of the molecule is COc1ccc(Br)c(Nc2ncnc3cc(OCc4cccnc4)cc(OC4CCNCC4)c23)c1.Cl.Cl. The molecule has 0 spiro atoms. The van der Waals surface area contributed by atoms with E-state index in [4.69, 9.17) is 14.2 Å². The molecule has 196 valence electrons. The zero-order chi connectivity index (χ0) is 24.0. The molecular formula is C26H28BrCl2N5O3. The van der Waals surface area contributed by atoms with Crippen LogP contribution in [0.5, 0.6) is 17.2 Å². The summed E-state index contributed by atoms with van der Waals surface area (Å²) in [5.74, 6) is 2.76. The van der Waals surface area contributed by atoms with Gasteiger partial charge in [0.25, 0.3) is 0 Å². The minimum absolute atomic E-state index is 0. The normalized spacial score (nSPS) is 13.2. The molecule has 0 saturated carbocycles. The lowest BCUT2D eigenvalue weighted by Gasteiger charge is -2.25. The molecule has 0 radical (unpaired) electrons. The van der Waals surface area contributed by atoms with E-state index < -0.39 is 0 Å². The van der Waals surface area contributed by atoms with E-state index in [1.54, 1.807) is 19.5 Å². The van der Waals surface area contributed by atoms with Crippen LogP contribution in [0.25, 0.3) is 10.9 Å². The number of benzene rings is 2. The second-order valence-electron chi connectivity index (χ2n) is 8.23. The third-order valence-corrected chi connectivity index (χ3v) is 6.50. The van der Waals surface area contributed by atoms with Crippen LogP contribution in [0.4, 0.5) is 11.5 Å². The molecule has 8 nitrogen and oxygen atoms in total. The minimum atomic E-state index is 0. The molecule has 4 aromatic rings. The molecule has 0 unspecified atom stereocenters. The molecule has 1 aliphatic rings. The molecule has 0 bridgehead atoms. The fraction of sp³-hybridized carbons (Fsp3) is 0.269. The third kappa shape index (κ3) is 7.13. The van der Waals surface area contributed by atoms with Crippen LogP contribution < -0.4 is 24.8 Å². The van der Waals surface area contributed by atoms with Crippen molar-refractivity contribution in [3.63, 3.8) is 0 Å². The molecule has 0 amide bonds. The Morgan fingerprint density at radius 3 is 2.65 bits per heavy atom. The van der Waals surface area contributed by atoms with Crippen molar-refractivity contribution in [2.45, 2.75) is 25.6 Å². The van der Waals surface area contributed by atoms with Crippen LogP contribution >= 0.6 is 40.7 Å². The molecule has 2 aromatic carbocycles. The van der Waals surface area contributed by atoms with Gasteiger partial charge in [0.2, 0.25) is 0 Å². The highest BCUT2D eigenvalue weighted by Gasteiger charge is 2.20. The minimum Gasteiger partial charge on any atom is -0.497 e. The van der Waals surface area contributed by atoms with Crippen LogP contribution in [0.1, 0.15) is 18.4 Å². The van der Waals surface area contributed by atoms with Crippen LogP contribution in [-0.4, -0.2) is 41.3 Å². The van der Waals surface area contributed by atoms with E-state index >= 15 is 0 Å². The van der Waals surface area contributed by atoms with E-state index in [0.29, 0.717) is 23.9 Å². The fourth-order valence-corrected chi connectivity index (χ4v) is 4.34. The van der Waals surface area contributed by atoms with Crippen LogP contribution in [-0.2, 0) is 6.61 Å². The summed E-state index contributed by atoms with van der Waals surface area (Å²) in [6, 6.07) is 13.5. The van der Waals surface area contributed by atoms with Gasteiger partial charge in [0.05, 0.1) is 23.7 Å². The van der Waals surface area contributed by atoms with E-state index in [9.17, 15) is 0 Å². The van der Waals surface area contributed by atoms with Crippen molar-refractivity contribution in [2.75, 3.05) is 25.5 Å². The lowest BCUT2D eigenvalue weighted by molar-refractivity contribution is 0.164. The Morgan fingerprint density at radius 2 is 1.89 bits per heavy atom. The molecule has 37 heavy (non-hydrogen) atoms. The molecular weight excluding hydrogens is 581 g/mol. The topological polar surface area (TPSA) is 90.4 Å². The number of ether oxygens (including phenoxy) is 3. The molecule has 1 fully saturated rings. The summed E-state index contributed by atoms with van der Waals surface area (Å²) in [4.78, 5) is 13.2. The molecule has 2 N–H and O–H groups in total. The summed E-state index contributed by atoms with van der Waals surface area (Å²) in [5.41, 5.74) is 2.55. The van der Waals surface area contributed by atoms with Gasteiger partial charge in [0.15, 0.2) is 0 Å². The zero-order valence-electron chi connectivity index (χ0n) is 20.1. The van der Waals surface area contributed by atoms with Crippen LogP contribution in [0.15, 0.2) is 65.7 Å². The Morgan fingerprint density at radius 1 is 1.05 bits per heavy atom. The lowest BCUT2D eigenvalue weighted by Crippen LogP contribution is -2.34. The number of hydrogen-bond donors (Lipinski definition) is 2. The van der Waals surface area contributed by atoms with Gasteiger partial charge in [-0.2, -0.15) is 0 Å². The molecule has 11 heteroatoms. The molecule has 2 aromatic heterocycles. The molecule has 5 rings (SSSR count). The predicted molar refractivity (Wildman–Crippen MR) is 153 cm³/mol. The number of halogens is 3. The van der Waals surface area contributed by atoms with Crippen molar-refractivity contribution >= 4 is 63.2 Å². The van der Waals surface area contributed by atoms with Crippen LogP contribution in [0.3, 0.4) is 0 Å². The molecule has 1 saturated heterocycles. The number of pyridine rings is 1. The Labute approximate surface area is 236 Å². The van der Waals surface area contributed by atoms with Gasteiger partial charge in [-0.05, 0) is 60.1 Å². The van der Waals surface area contributed by atoms with Crippen molar-refractivity contribution in [2.24, 2.45) is 0 Å². The number of nitrogens with one attached hydrogen (secondary N) is 2. The van der Waals surface area contributed by atoms with Crippen LogP contribution in [0.2, 0.25) is 0 Å². The second kappa shape index (κ2) is 13.6. The summed E-state index contributed by atoms with van der Waals surface area (Å²) in [5, 5.41) is 7.61. The maximum absolute atomic E-state index is 6.53. The van der Waals surface area contributed by atoms with Gasteiger partial charge in [0.1, 0.15) is 42.1 Å². The van der Waals surface area contributed by atoms with Crippen molar-refractivity contribution < 1.29 is 14.2 Å². The second-order valence-corrected chi connectivity index (χ2v) is 9.08. The third-order valence-electron chi connectivity index (χ3n) is 5.81. The number of piperidine rings is 1. The van der Waals surface area contributed by atoms with E-state index in [2.05, 4.69) is 41.5 Å².